The SMILES string of the molecule is Cc1ccc(-c2ccc3c(c2)C(=O)Nc2cccc(n2)-c2nncn2[C@@H]2CC2CCO3)cn1. The molecule has 1 amide bonds. The summed E-state index contributed by atoms with van der Waals surface area (Å²) in [6.07, 6.45) is 5.52. The van der Waals surface area contributed by atoms with E-state index in [4.69, 9.17) is 4.74 Å². The maximum absolute atomic E-state index is 13.3. The van der Waals surface area contributed by atoms with Gasteiger partial charge in [0.25, 0.3) is 5.91 Å². The van der Waals surface area contributed by atoms with Gasteiger partial charge in [-0.3, -0.25) is 9.78 Å². The molecule has 4 heterocycles. The summed E-state index contributed by atoms with van der Waals surface area (Å²) in [5.41, 5.74) is 3.93. The molecule has 1 saturated carbocycles. The Bertz CT molecular complexity index is 1350. The van der Waals surface area contributed by atoms with E-state index in [0.717, 1.165) is 29.7 Å². The van der Waals surface area contributed by atoms with E-state index in [0.29, 0.717) is 47.2 Å². The van der Waals surface area contributed by atoms with Gasteiger partial charge in [0.05, 0.1) is 12.2 Å². The predicted molar refractivity (Wildman–Crippen MR) is 123 cm³/mol. The highest BCUT2D eigenvalue weighted by molar-refractivity contribution is 6.06. The van der Waals surface area contributed by atoms with Gasteiger partial charge in [-0.15, -0.1) is 10.2 Å². The first-order valence-corrected chi connectivity index (χ1v) is 11.0. The van der Waals surface area contributed by atoms with Crippen LogP contribution in [-0.4, -0.2) is 37.2 Å². The van der Waals surface area contributed by atoms with Gasteiger partial charge in [0.15, 0.2) is 5.82 Å². The number of aryl methyl sites for hydroxylation is 1. The molecule has 1 aliphatic heterocycles. The molecule has 6 rings (SSSR count). The summed E-state index contributed by atoms with van der Waals surface area (Å²) >= 11 is 0. The standard InChI is InChI=1S/C25H22N6O2/c1-15-5-6-18(13-26-15)16-7-8-22-19(11-16)25(32)29-23-4-2-3-20(28-23)24-30-27-14-31(24)21-12-17(21)9-10-33-22/h2-8,11,13-14,17,21H,9-10,12H2,1H3,(H,28,29,32)/t17?,21-/m1/s1. The molecule has 8 heteroatoms. The highest BCUT2D eigenvalue weighted by atomic mass is 16.5. The van der Waals surface area contributed by atoms with Gasteiger partial charge in [0.1, 0.15) is 23.6 Å². The van der Waals surface area contributed by atoms with Crippen molar-refractivity contribution < 1.29 is 9.53 Å². The molecule has 1 unspecified atom stereocenters. The molecule has 8 nitrogen and oxygen atoms in total. The summed E-state index contributed by atoms with van der Waals surface area (Å²) in [7, 11) is 0. The predicted octanol–water partition coefficient (Wildman–Crippen LogP) is 4.31. The van der Waals surface area contributed by atoms with E-state index >= 15 is 0 Å². The van der Waals surface area contributed by atoms with E-state index < -0.39 is 0 Å². The van der Waals surface area contributed by atoms with Gasteiger partial charge in [-0.1, -0.05) is 18.2 Å². The number of ether oxygens (including phenoxy) is 1. The van der Waals surface area contributed by atoms with Crippen molar-refractivity contribution in [2.24, 2.45) is 5.92 Å². The van der Waals surface area contributed by atoms with Gasteiger partial charge in [0.2, 0.25) is 0 Å². The Labute approximate surface area is 190 Å². The third kappa shape index (κ3) is 3.73. The molecular weight excluding hydrogens is 416 g/mol. The zero-order valence-corrected chi connectivity index (χ0v) is 18.1. The molecule has 1 fully saturated rings. The van der Waals surface area contributed by atoms with Crippen LogP contribution in [-0.2, 0) is 0 Å². The molecule has 1 aliphatic carbocycles. The van der Waals surface area contributed by atoms with E-state index in [1.54, 1.807) is 12.4 Å². The zero-order chi connectivity index (χ0) is 22.4. The molecule has 164 valence electrons. The maximum Gasteiger partial charge on any atom is 0.260 e. The van der Waals surface area contributed by atoms with E-state index in [-0.39, 0.29) is 5.91 Å². The number of amides is 1. The van der Waals surface area contributed by atoms with Crippen LogP contribution in [0, 0.1) is 12.8 Å². The number of pyridine rings is 2. The zero-order valence-electron chi connectivity index (χ0n) is 18.1. The molecule has 1 N–H and O–H groups in total. The van der Waals surface area contributed by atoms with Crippen LogP contribution < -0.4 is 10.1 Å². The number of hydrogen-bond acceptors (Lipinski definition) is 6. The minimum absolute atomic E-state index is 0.278. The fourth-order valence-corrected chi connectivity index (χ4v) is 4.34. The first-order chi connectivity index (χ1) is 16.2. The van der Waals surface area contributed by atoms with Crippen molar-refractivity contribution in [3.8, 4) is 28.4 Å². The summed E-state index contributed by atoms with van der Waals surface area (Å²) in [4.78, 5) is 22.3. The Balaban J connectivity index is 1.40. The number of carbonyl (C=O) groups excluding carboxylic acids is 1. The normalized spacial score (nSPS) is 19.2. The van der Waals surface area contributed by atoms with Crippen molar-refractivity contribution in [1.29, 1.82) is 0 Å². The fourth-order valence-electron chi connectivity index (χ4n) is 4.34. The quantitative estimate of drug-likeness (QED) is 0.476. The minimum atomic E-state index is -0.278. The number of aromatic nitrogens is 5. The lowest BCUT2D eigenvalue weighted by molar-refractivity contribution is 0.102. The summed E-state index contributed by atoms with van der Waals surface area (Å²) in [6, 6.07) is 15.5. The number of anilines is 1. The number of fused-ring (bicyclic) bond motifs is 7. The van der Waals surface area contributed by atoms with E-state index in [2.05, 4.69) is 30.0 Å². The summed E-state index contributed by atoms with van der Waals surface area (Å²) in [5, 5.41) is 11.3. The van der Waals surface area contributed by atoms with Crippen LogP contribution in [0.5, 0.6) is 5.75 Å². The lowest BCUT2D eigenvalue weighted by atomic mass is 10.0. The smallest absolute Gasteiger partial charge is 0.260 e. The van der Waals surface area contributed by atoms with Gasteiger partial charge >= 0.3 is 0 Å². The highest BCUT2D eigenvalue weighted by Crippen LogP contribution is 2.47. The molecule has 0 saturated heterocycles. The molecular formula is C25H22N6O2. The van der Waals surface area contributed by atoms with Crippen molar-refractivity contribution in [3.63, 3.8) is 0 Å². The Morgan fingerprint density at radius 3 is 2.91 bits per heavy atom. The molecule has 3 aromatic heterocycles. The van der Waals surface area contributed by atoms with Gasteiger partial charge in [0, 0.05) is 23.5 Å². The number of rotatable bonds is 1. The minimum Gasteiger partial charge on any atom is -0.493 e. The largest absolute Gasteiger partial charge is 0.493 e. The second-order valence-corrected chi connectivity index (χ2v) is 8.52. The molecule has 0 spiro atoms. The number of benzene rings is 1. The average Bonchev–Trinajstić information content (AvgIpc) is 3.42. The second kappa shape index (κ2) is 7.81. The van der Waals surface area contributed by atoms with E-state index in [1.165, 1.54) is 0 Å². The van der Waals surface area contributed by atoms with Gasteiger partial charge in [-0.25, -0.2) is 4.98 Å². The van der Waals surface area contributed by atoms with E-state index in [1.807, 2.05) is 55.6 Å². The van der Waals surface area contributed by atoms with Crippen molar-refractivity contribution in [1.82, 2.24) is 24.7 Å². The first-order valence-electron chi connectivity index (χ1n) is 11.0. The molecule has 2 atom stereocenters. The van der Waals surface area contributed by atoms with Crippen LogP contribution in [0.15, 0.2) is 61.1 Å². The Kier molecular flexibility index (Phi) is 4.64. The maximum atomic E-state index is 13.3. The van der Waals surface area contributed by atoms with Crippen LogP contribution in [0.2, 0.25) is 0 Å². The van der Waals surface area contributed by atoms with Crippen LogP contribution in [0.4, 0.5) is 5.82 Å². The van der Waals surface area contributed by atoms with Gasteiger partial charge in [-0.2, -0.15) is 0 Å². The summed E-state index contributed by atoms with van der Waals surface area (Å²) in [6.45, 7) is 2.48. The lowest BCUT2D eigenvalue weighted by Gasteiger charge is -2.15. The molecule has 2 aliphatic rings. The van der Waals surface area contributed by atoms with Crippen molar-refractivity contribution in [2.75, 3.05) is 11.9 Å². The average molecular weight is 438 g/mol. The van der Waals surface area contributed by atoms with Gasteiger partial charge in [-0.05, 0) is 61.6 Å². The topological polar surface area (TPSA) is 94.8 Å². The Morgan fingerprint density at radius 1 is 1.12 bits per heavy atom. The van der Waals surface area contributed by atoms with Crippen LogP contribution in [0.3, 0.4) is 0 Å². The van der Waals surface area contributed by atoms with Crippen molar-refractivity contribution in [3.05, 3.63) is 72.3 Å². The van der Waals surface area contributed by atoms with E-state index in [9.17, 15) is 4.79 Å². The Hall–Kier alpha value is -4.07. The fraction of sp³-hybridized carbons (Fsp3) is 0.240. The summed E-state index contributed by atoms with van der Waals surface area (Å²) in [5.74, 6) is 1.93. The second-order valence-electron chi connectivity index (χ2n) is 8.52. The first kappa shape index (κ1) is 19.6. The third-order valence-corrected chi connectivity index (χ3v) is 6.25. The highest BCUT2D eigenvalue weighted by Gasteiger charge is 2.40. The van der Waals surface area contributed by atoms with Crippen LogP contribution >= 0.6 is 0 Å². The summed E-state index contributed by atoms with van der Waals surface area (Å²) < 4.78 is 8.18. The van der Waals surface area contributed by atoms with Crippen LogP contribution in [0.25, 0.3) is 22.6 Å². The molecule has 0 radical (unpaired) electrons. The molecule has 1 aromatic carbocycles. The Morgan fingerprint density at radius 2 is 2.03 bits per heavy atom. The lowest BCUT2D eigenvalue weighted by Crippen LogP contribution is -2.16. The van der Waals surface area contributed by atoms with Crippen molar-refractivity contribution >= 4 is 11.7 Å². The van der Waals surface area contributed by atoms with Gasteiger partial charge < -0.3 is 14.6 Å². The van der Waals surface area contributed by atoms with Crippen LogP contribution in [0.1, 0.15) is 34.9 Å². The monoisotopic (exact) mass is 438 g/mol. The van der Waals surface area contributed by atoms with Crippen molar-refractivity contribution in [2.45, 2.75) is 25.8 Å². The third-order valence-electron chi connectivity index (χ3n) is 6.25. The number of carbonyl (C=O) groups is 1. The number of hydrogen-bond donors (Lipinski definition) is 1. The molecule has 4 aromatic rings. The molecule has 33 heavy (non-hydrogen) atoms. The molecule has 2 bridgehead atoms. The number of nitrogens with zero attached hydrogens (tertiary/aromatic N) is 5. The number of nitrogens with one attached hydrogen (secondary N) is 1.